The van der Waals surface area contributed by atoms with Gasteiger partial charge in [-0.3, -0.25) is 9.59 Å². The molecule has 1 aromatic carbocycles. The number of rotatable bonds is 7. The second-order valence-electron chi connectivity index (χ2n) is 5.21. The molecule has 0 fully saturated rings. The number of sulfonamides is 1. The Bertz CT molecular complexity index is 675. The van der Waals surface area contributed by atoms with Gasteiger partial charge in [-0.25, -0.2) is 13.1 Å². The summed E-state index contributed by atoms with van der Waals surface area (Å²) in [4.78, 5) is 22.6. The van der Waals surface area contributed by atoms with Crippen molar-refractivity contribution in [2.45, 2.75) is 32.1 Å². The molecule has 8 heteroatoms. The number of nitrogens with one attached hydrogen (secondary N) is 2. The third kappa shape index (κ3) is 5.65. The number of esters is 1. The molecule has 128 valence electrons. The molecule has 0 unspecified atom stereocenters. The highest BCUT2D eigenvalue weighted by atomic mass is 32.2. The lowest BCUT2D eigenvalue weighted by Crippen LogP contribution is -2.29. The molecule has 0 aliphatic carbocycles. The van der Waals surface area contributed by atoms with E-state index in [2.05, 4.69) is 10.0 Å². The predicted octanol–water partition coefficient (Wildman–Crippen LogP) is 0.569. The summed E-state index contributed by atoms with van der Waals surface area (Å²) >= 11 is 0. The van der Waals surface area contributed by atoms with Crippen LogP contribution in [0.5, 0.6) is 0 Å². The summed E-state index contributed by atoms with van der Waals surface area (Å²) in [5.41, 5.74) is 2.28. The fraction of sp³-hybridized carbons (Fsp3) is 0.467. The maximum atomic E-state index is 12.4. The number of hydrogen-bond acceptors (Lipinski definition) is 5. The van der Waals surface area contributed by atoms with Gasteiger partial charge >= 0.3 is 5.97 Å². The first-order valence-corrected chi connectivity index (χ1v) is 8.59. The van der Waals surface area contributed by atoms with E-state index < -0.39 is 21.9 Å². The Kier molecular flexibility index (Phi) is 6.71. The number of aryl methyl sites for hydroxylation is 3. The van der Waals surface area contributed by atoms with Crippen LogP contribution in [0.3, 0.4) is 0 Å². The molecule has 0 aliphatic heterocycles. The molecule has 1 amide bonds. The molecule has 0 radical (unpaired) electrons. The largest absolute Gasteiger partial charge is 0.456 e. The topological polar surface area (TPSA) is 102 Å². The minimum Gasteiger partial charge on any atom is -0.456 e. The Balaban J connectivity index is 2.64. The van der Waals surface area contributed by atoms with Gasteiger partial charge in [-0.1, -0.05) is 17.7 Å². The van der Waals surface area contributed by atoms with Crippen molar-refractivity contribution < 1.29 is 22.7 Å². The van der Waals surface area contributed by atoms with Crippen molar-refractivity contribution in [2.24, 2.45) is 0 Å². The number of carbonyl (C=O) groups excluding carboxylic acids is 2. The van der Waals surface area contributed by atoms with Crippen LogP contribution in [-0.2, 0) is 24.3 Å². The third-order valence-electron chi connectivity index (χ3n) is 3.14. The molecule has 0 atom stereocenters. The third-order valence-corrected chi connectivity index (χ3v) is 4.90. The molecule has 23 heavy (non-hydrogen) atoms. The smallest absolute Gasteiger partial charge is 0.307 e. The van der Waals surface area contributed by atoms with Crippen LogP contribution in [-0.4, -0.2) is 40.5 Å². The predicted molar refractivity (Wildman–Crippen MR) is 85.5 cm³/mol. The Morgan fingerprint density at radius 1 is 1.13 bits per heavy atom. The average molecular weight is 342 g/mol. The molecule has 0 spiro atoms. The van der Waals surface area contributed by atoms with E-state index >= 15 is 0 Å². The van der Waals surface area contributed by atoms with Crippen LogP contribution in [0.15, 0.2) is 17.0 Å². The quantitative estimate of drug-likeness (QED) is 0.706. The van der Waals surface area contributed by atoms with Gasteiger partial charge < -0.3 is 10.1 Å². The summed E-state index contributed by atoms with van der Waals surface area (Å²) in [6, 6.07) is 3.58. The van der Waals surface area contributed by atoms with Gasteiger partial charge in [0.15, 0.2) is 6.61 Å². The van der Waals surface area contributed by atoms with Crippen LogP contribution >= 0.6 is 0 Å². The second-order valence-corrected chi connectivity index (χ2v) is 6.91. The minimum atomic E-state index is -3.71. The van der Waals surface area contributed by atoms with E-state index in [0.717, 1.165) is 5.56 Å². The van der Waals surface area contributed by atoms with Gasteiger partial charge in [0.2, 0.25) is 10.0 Å². The van der Waals surface area contributed by atoms with Gasteiger partial charge in [0.25, 0.3) is 5.91 Å². The lowest BCUT2D eigenvalue weighted by Gasteiger charge is -2.13. The number of carbonyl (C=O) groups is 2. The molecule has 0 heterocycles. The summed E-state index contributed by atoms with van der Waals surface area (Å²) in [7, 11) is -2.28. The fourth-order valence-electron chi connectivity index (χ4n) is 2.24. The molecule has 0 bridgehead atoms. The number of ether oxygens (including phenoxy) is 1. The lowest BCUT2D eigenvalue weighted by molar-refractivity contribution is -0.148. The number of amides is 1. The molecular weight excluding hydrogens is 320 g/mol. The van der Waals surface area contributed by atoms with Crippen molar-refractivity contribution in [3.05, 3.63) is 28.8 Å². The maximum Gasteiger partial charge on any atom is 0.307 e. The van der Waals surface area contributed by atoms with E-state index in [0.29, 0.717) is 11.1 Å². The first-order chi connectivity index (χ1) is 10.7. The minimum absolute atomic E-state index is 0.0956. The molecule has 0 saturated carbocycles. The van der Waals surface area contributed by atoms with E-state index in [1.165, 1.54) is 7.05 Å². The summed E-state index contributed by atoms with van der Waals surface area (Å²) in [5.74, 6) is -1.07. The zero-order valence-corrected chi connectivity index (χ0v) is 14.5. The summed E-state index contributed by atoms with van der Waals surface area (Å²) < 4.78 is 31.8. The number of benzene rings is 1. The van der Waals surface area contributed by atoms with Crippen LogP contribution < -0.4 is 10.0 Å². The Morgan fingerprint density at radius 3 is 2.22 bits per heavy atom. The number of hydrogen-bond donors (Lipinski definition) is 2. The van der Waals surface area contributed by atoms with Crippen molar-refractivity contribution in [1.82, 2.24) is 10.0 Å². The van der Waals surface area contributed by atoms with Crippen molar-refractivity contribution in [3.8, 4) is 0 Å². The van der Waals surface area contributed by atoms with Gasteiger partial charge in [-0.05, 0) is 31.9 Å². The van der Waals surface area contributed by atoms with Gasteiger partial charge in [-0.15, -0.1) is 0 Å². The zero-order valence-electron chi connectivity index (χ0n) is 13.7. The summed E-state index contributed by atoms with van der Waals surface area (Å²) in [5, 5.41) is 2.31. The van der Waals surface area contributed by atoms with E-state index in [-0.39, 0.29) is 24.5 Å². The van der Waals surface area contributed by atoms with Crippen LogP contribution in [0.4, 0.5) is 0 Å². The molecule has 0 aromatic heterocycles. The lowest BCUT2D eigenvalue weighted by atomic mass is 10.1. The van der Waals surface area contributed by atoms with Gasteiger partial charge in [0.1, 0.15) is 0 Å². The van der Waals surface area contributed by atoms with E-state index in [1.807, 2.05) is 6.92 Å². The van der Waals surface area contributed by atoms with Crippen LogP contribution in [0, 0.1) is 20.8 Å². The SMILES string of the molecule is CNC(=O)COC(=O)CCNS(=O)(=O)c1c(C)cc(C)cc1C. The highest BCUT2D eigenvalue weighted by molar-refractivity contribution is 7.89. The first kappa shape index (κ1) is 19.1. The fourth-order valence-corrected chi connectivity index (χ4v) is 3.72. The molecule has 1 rings (SSSR count). The van der Waals surface area contributed by atoms with Crippen molar-refractivity contribution >= 4 is 21.9 Å². The Labute approximate surface area is 136 Å². The normalized spacial score (nSPS) is 11.1. The van der Waals surface area contributed by atoms with Gasteiger partial charge in [0.05, 0.1) is 11.3 Å². The van der Waals surface area contributed by atoms with E-state index in [1.54, 1.807) is 26.0 Å². The zero-order chi connectivity index (χ0) is 17.6. The van der Waals surface area contributed by atoms with Gasteiger partial charge in [-0.2, -0.15) is 0 Å². The Morgan fingerprint density at radius 2 is 1.70 bits per heavy atom. The molecule has 1 aromatic rings. The Hall–Kier alpha value is -1.93. The first-order valence-electron chi connectivity index (χ1n) is 7.11. The monoisotopic (exact) mass is 342 g/mol. The summed E-state index contributed by atoms with van der Waals surface area (Å²) in [6.07, 6.45) is -0.153. The highest BCUT2D eigenvalue weighted by Gasteiger charge is 2.20. The van der Waals surface area contributed by atoms with E-state index in [9.17, 15) is 18.0 Å². The molecular formula is C15H22N2O5S. The molecule has 0 aliphatic rings. The van der Waals surface area contributed by atoms with E-state index in [4.69, 9.17) is 4.74 Å². The molecule has 2 N–H and O–H groups in total. The van der Waals surface area contributed by atoms with Gasteiger partial charge in [0, 0.05) is 13.6 Å². The average Bonchev–Trinajstić information content (AvgIpc) is 2.42. The van der Waals surface area contributed by atoms with Crippen molar-refractivity contribution in [2.75, 3.05) is 20.2 Å². The maximum absolute atomic E-state index is 12.4. The molecule has 0 saturated heterocycles. The molecule has 7 nitrogen and oxygen atoms in total. The van der Waals surface area contributed by atoms with Crippen molar-refractivity contribution in [1.29, 1.82) is 0 Å². The standard InChI is InChI=1S/C15H22N2O5S/c1-10-7-11(2)15(12(3)8-10)23(20,21)17-6-5-14(19)22-9-13(18)16-4/h7-8,17H,5-6,9H2,1-4H3,(H,16,18). The highest BCUT2D eigenvalue weighted by Crippen LogP contribution is 2.21. The van der Waals surface area contributed by atoms with Crippen LogP contribution in [0.25, 0.3) is 0 Å². The number of likely N-dealkylation sites (N-methyl/N-ethyl adjacent to an activating group) is 1. The van der Waals surface area contributed by atoms with Crippen LogP contribution in [0.2, 0.25) is 0 Å². The van der Waals surface area contributed by atoms with Crippen molar-refractivity contribution in [3.63, 3.8) is 0 Å². The summed E-state index contributed by atoms with van der Waals surface area (Å²) in [6.45, 7) is 4.88. The second kappa shape index (κ2) is 8.07. The van der Waals surface area contributed by atoms with Crippen LogP contribution in [0.1, 0.15) is 23.1 Å².